The van der Waals surface area contributed by atoms with Crippen molar-refractivity contribution in [2.24, 2.45) is 0 Å². The predicted octanol–water partition coefficient (Wildman–Crippen LogP) is -1.96. The third-order valence-corrected chi connectivity index (χ3v) is 9.55. The van der Waals surface area contributed by atoms with Crippen molar-refractivity contribution in [2.75, 3.05) is 20.2 Å². The van der Waals surface area contributed by atoms with E-state index in [4.69, 9.17) is 9.47 Å². The highest BCUT2D eigenvalue weighted by molar-refractivity contribution is 7.89. The second-order valence-corrected chi connectivity index (χ2v) is 11.9. The van der Waals surface area contributed by atoms with Gasteiger partial charge >= 0.3 is 0 Å². The lowest BCUT2D eigenvalue weighted by Crippen LogP contribution is -2.53. The van der Waals surface area contributed by atoms with Gasteiger partial charge in [-0.2, -0.15) is 9.40 Å². The van der Waals surface area contributed by atoms with Crippen LogP contribution in [0.5, 0.6) is 11.5 Å². The Morgan fingerprint density at radius 3 is 2.58 bits per heavy atom. The van der Waals surface area contributed by atoms with Crippen molar-refractivity contribution in [3.8, 4) is 11.5 Å². The Labute approximate surface area is 197 Å². The summed E-state index contributed by atoms with van der Waals surface area (Å²) in [5.74, 6) is 1.71. The van der Waals surface area contributed by atoms with E-state index >= 15 is 0 Å². The zero-order valence-electron chi connectivity index (χ0n) is 19.7. The molecule has 0 spiro atoms. The SMILES string of the molecule is BC1(B)Oc2ccc(S(=O)(=O)N3CCC(c4cn5ncnc5cc4OC)CC3)cc2C1(B)B. The first-order chi connectivity index (χ1) is 15.5. The van der Waals surface area contributed by atoms with E-state index in [1.165, 1.54) is 6.33 Å². The number of methoxy groups -OCH3 is 1. The molecule has 0 bridgehead atoms. The molecule has 1 saturated heterocycles. The first-order valence-electron chi connectivity index (χ1n) is 11.3. The molecule has 0 amide bonds. The van der Waals surface area contributed by atoms with E-state index < -0.39 is 15.4 Å². The molecule has 2 aliphatic heterocycles. The molecule has 0 aliphatic carbocycles. The molecule has 4 heterocycles. The molecule has 0 atom stereocenters. The van der Waals surface area contributed by atoms with Crippen molar-refractivity contribution in [2.45, 2.75) is 34.3 Å². The first kappa shape index (κ1) is 22.4. The highest BCUT2D eigenvalue weighted by Crippen LogP contribution is 2.44. The van der Waals surface area contributed by atoms with Gasteiger partial charge in [-0.3, -0.25) is 0 Å². The van der Waals surface area contributed by atoms with Crippen molar-refractivity contribution in [1.82, 2.24) is 18.9 Å². The summed E-state index contributed by atoms with van der Waals surface area (Å²) < 4.78 is 42.0. The van der Waals surface area contributed by atoms with Gasteiger partial charge in [-0.15, -0.1) is 0 Å². The van der Waals surface area contributed by atoms with Crippen molar-refractivity contribution >= 4 is 47.1 Å². The summed E-state index contributed by atoms with van der Waals surface area (Å²) in [6.07, 6.45) is 4.88. The van der Waals surface area contributed by atoms with Gasteiger partial charge in [-0.25, -0.2) is 17.9 Å². The van der Waals surface area contributed by atoms with Crippen LogP contribution in [0.4, 0.5) is 0 Å². The van der Waals surface area contributed by atoms with Crippen LogP contribution in [-0.4, -0.2) is 84.3 Å². The second kappa shape index (κ2) is 7.56. The summed E-state index contributed by atoms with van der Waals surface area (Å²) in [5.41, 5.74) is 2.70. The maximum atomic E-state index is 13.5. The van der Waals surface area contributed by atoms with Crippen LogP contribution in [0.1, 0.15) is 29.9 Å². The number of piperidine rings is 1. The third-order valence-electron chi connectivity index (χ3n) is 7.65. The molecule has 0 unspecified atom stereocenters. The molecular formula is C20H26B4N4O4S. The maximum Gasteiger partial charge on any atom is 0.243 e. The van der Waals surface area contributed by atoms with E-state index in [1.807, 2.05) is 28.0 Å². The van der Waals surface area contributed by atoms with Gasteiger partial charge in [0, 0.05) is 36.3 Å². The quantitative estimate of drug-likeness (QED) is 0.419. The van der Waals surface area contributed by atoms with E-state index in [2.05, 4.69) is 25.8 Å². The van der Waals surface area contributed by atoms with Crippen LogP contribution in [-0.2, 0) is 15.2 Å². The van der Waals surface area contributed by atoms with Crippen LogP contribution < -0.4 is 9.47 Å². The monoisotopic (exact) mass is 462 g/mol. The molecule has 3 aromatic rings. The van der Waals surface area contributed by atoms with E-state index in [0.717, 1.165) is 28.3 Å². The van der Waals surface area contributed by atoms with Crippen LogP contribution in [0.25, 0.3) is 5.65 Å². The van der Waals surface area contributed by atoms with Gasteiger partial charge in [-0.05, 0) is 47.7 Å². The largest absolute Gasteiger partial charge is 0.506 e. The summed E-state index contributed by atoms with van der Waals surface area (Å²) in [7, 11) is 6.32. The highest BCUT2D eigenvalue weighted by Gasteiger charge is 2.47. The van der Waals surface area contributed by atoms with Gasteiger partial charge in [-0.1, -0.05) is 0 Å². The zero-order chi connectivity index (χ0) is 23.6. The molecular weight excluding hydrogens is 436 g/mol. The van der Waals surface area contributed by atoms with Gasteiger partial charge < -0.3 is 9.47 Å². The molecule has 0 N–H and O–H groups in total. The van der Waals surface area contributed by atoms with Gasteiger partial charge in [0.15, 0.2) is 5.65 Å². The molecule has 168 valence electrons. The fraction of sp³-hybridized carbons (Fsp3) is 0.400. The standard InChI is InChI=1S/C20H26B4N4O4S/c1-31-17-9-18-25-11-26-28(18)10-14(17)12-4-6-27(7-5-12)33(29,30)13-2-3-16-15(8-13)19(21,22)20(23,24)32-16/h2-3,8-12H,4-7,21-24H2,1H3. The lowest BCUT2D eigenvalue weighted by atomic mass is 9.34. The Bertz CT molecular complexity index is 1340. The van der Waals surface area contributed by atoms with Gasteiger partial charge in [0.25, 0.3) is 0 Å². The fourth-order valence-corrected chi connectivity index (χ4v) is 6.37. The zero-order valence-corrected chi connectivity index (χ0v) is 20.5. The number of nitrogens with zero attached hydrogens (tertiary/aromatic N) is 4. The number of benzene rings is 1. The average Bonchev–Trinajstić information content (AvgIpc) is 3.31. The second-order valence-electron chi connectivity index (χ2n) is 9.93. The van der Waals surface area contributed by atoms with Gasteiger partial charge in [0.1, 0.15) is 49.2 Å². The molecule has 8 nitrogen and oxygen atoms in total. The molecule has 33 heavy (non-hydrogen) atoms. The van der Waals surface area contributed by atoms with Gasteiger partial charge in [0.05, 0.1) is 12.0 Å². The number of hydrogen-bond donors (Lipinski definition) is 0. The molecule has 0 saturated carbocycles. The van der Waals surface area contributed by atoms with E-state index in [1.54, 1.807) is 34.1 Å². The number of pyridine rings is 1. The van der Waals surface area contributed by atoms with E-state index in [9.17, 15) is 8.42 Å². The Hall–Kier alpha value is -2.39. The summed E-state index contributed by atoms with van der Waals surface area (Å²) in [5, 5.41) is 3.53. The van der Waals surface area contributed by atoms with Gasteiger partial charge in [0.2, 0.25) is 10.0 Å². The number of rotatable bonds is 4. The molecule has 0 radical (unpaired) electrons. The number of aromatic nitrogens is 3. The first-order valence-corrected chi connectivity index (χ1v) is 12.7. The maximum absolute atomic E-state index is 13.5. The van der Waals surface area contributed by atoms with Crippen molar-refractivity contribution in [3.05, 3.63) is 47.9 Å². The van der Waals surface area contributed by atoms with E-state index in [-0.39, 0.29) is 11.1 Å². The number of fused-ring (bicyclic) bond motifs is 2. The normalized spacial score (nSPS) is 20.4. The summed E-state index contributed by atoms with van der Waals surface area (Å²) in [6, 6.07) is 7.14. The minimum absolute atomic E-state index is 0.188. The lowest BCUT2D eigenvalue weighted by molar-refractivity contribution is 0.258. The van der Waals surface area contributed by atoms with Crippen molar-refractivity contribution in [1.29, 1.82) is 0 Å². The predicted molar refractivity (Wildman–Crippen MR) is 136 cm³/mol. The Kier molecular flexibility index (Phi) is 5.13. The summed E-state index contributed by atoms with van der Waals surface area (Å²) in [6.45, 7) is 0.905. The third kappa shape index (κ3) is 3.47. The fourth-order valence-electron chi connectivity index (χ4n) is 4.87. The average molecular weight is 462 g/mol. The van der Waals surface area contributed by atoms with Crippen LogP contribution in [0, 0.1) is 0 Å². The molecule has 1 fully saturated rings. The molecule has 13 heteroatoms. The Balaban J connectivity index is 1.38. The number of ether oxygens (including phenoxy) is 2. The summed E-state index contributed by atoms with van der Waals surface area (Å²) in [4.78, 5) is 4.54. The van der Waals surface area contributed by atoms with E-state index in [0.29, 0.717) is 30.8 Å². The van der Waals surface area contributed by atoms with Crippen LogP contribution in [0.2, 0.25) is 0 Å². The molecule has 2 aromatic heterocycles. The molecule has 1 aromatic carbocycles. The van der Waals surface area contributed by atoms with Crippen LogP contribution in [0.3, 0.4) is 0 Å². The minimum atomic E-state index is -3.60. The smallest absolute Gasteiger partial charge is 0.243 e. The minimum Gasteiger partial charge on any atom is -0.506 e. The number of hydrogen-bond acceptors (Lipinski definition) is 6. The van der Waals surface area contributed by atoms with Crippen molar-refractivity contribution < 1.29 is 17.9 Å². The molecule has 5 rings (SSSR count). The topological polar surface area (TPSA) is 86.0 Å². The Morgan fingerprint density at radius 2 is 1.88 bits per heavy atom. The highest BCUT2D eigenvalue weighted by atomic mass is 32.2. The lowest BCUT2D eigenvalue weighted by Gasteiger charge is -2.34. The van der Waals surface area contributed by atoms with Crippen LogP contribution >= 0.6 is 0 Å². The Morgan fingerprint density at radius 1 is 1.15 bits per heavy atom. The molecule has 2 aliphatic rings. The van der Waals surface area contributed by atoms with Crippen LogP contribution in [0.15, 0.2) is 41.7 Å². The number of sulfonamides is 1. The summed E-state index contributed by atoms with van der Waals surface area (Å²) >= 11 is 0. The van der Waals surface area contributed by atoms with Crippen molar-refractivity contribution in [3.63, 3.8) is 0 Å².